The standard InChI is InChI=1S/C15H29NO/c1-4-7-13(3)9-6-10-14(8-5-2)15-16-11-12-17-15/h13-14H,4-12H2,1-3H3. The van der Waals surface area contributed by atoms with E-state index in [0.29, 0.717) is 5.92 Å². The van der Waals surface area contributed by atoms with Crippen molar-refractivity contribution in [2.45, 2.75) is 65.7 Å². The molecular formula is C15H29NO. The summed E-state index contributed by atoms with van der Waals surface area (Å²) in [5.74, 6) is 2.53. The highest BCUT2D eigenvalue weighted by molar-refractivity contribution is 5.79. The fraction of sp³-hybridized carbons (Fsp3) is 0.933. The molecule has 0 spiro atoms. The normalized spacial score (nSPS) is 18.6. The maximum atomic E-state index is 5.62. The zero-order valence-electron chi connectivity index (χ0n) is 11.9. The summed E-state index contributed by atoms with van der Waals surface area (Å²) in [6.45, 7) is 8.59. The first-order valence-electron chi connectivity index (χ1n) is 7.45. The quantitative estimate of drug-likeness (QED) is 0.583. The molecule has 0 saturated carbocycles. The first-order valence-corrected chi connectivity index (χ1v) is 7.45. The maximum absolute atomic E-state index is 5.62. The van der Waals surface area contributed by atoms with Gasteiger partial charge in [-0.1, -0.05) is 52.9 Å². The van der Waals surface area contributed by atoms with Crippen LogP contribution in [-0.2, 0) is 4.74 Å². The Morgan fingerprint density at radius 1 is 1.12 bits per heavy atom. The highest BCUT2D eigenvalue weighted by Gasteiger charge is 2.19. The van der Waals surface area contributed by atoms with Crippen LogP contribution < -0.4 is 0 Å². The third-order valence-corrected chi connectivity index (χ3v) is 3.63. The second-order valence-electron chi connectivity index (χ2n) is 5.38. The molecule has 2 nitrogen and oxygen atoms in total. The van der Waals surface area contributed by atoms with Crippen LogP contribution in [-0.4, -0.2) is 19.0 Å². The van der Waals surface area contributed by atoms with Crippen molar-refractivity contribution in [1.82, 2.24) is 0 Å². The zero-order valence-corrected chi connectivity index (χ0v) is 11.9. The molecule has 1 rings (SSSR count). The van der Waals surface area contributed by atoms with Gasteiger partial charge in [-0.2, -0.15) is 0 Å². The average molecular weight is 239 g/mol. The van der Waals surface area contributed by atoms with Gasteiger partial charge in [-0.05, 0) is 18.8 Å². The molecular weight excluding hydrogens is 210 g/mol. The second kappa shape index (κ2) is 8.54. The summed E-state index contributed by atoms with van der Waals surface area (Å²) in [5.41, 5.74) is 0. The lowest BCUT2D eigenvalue weighted by molar-refractivity contribution is 0.308. The third-order valence-electron chi connectivity index (χ3n) is 3.63. The van der Waals surface area contributed by atoms with E-state index in [9.17, 15) is 0 Å². The Kier molecular flexibility index (Phi) is 7.30. The van der Waals surface area contributed by atoms with Gasteiger partial charge in [-0.15, -0.1) is 0 Å². The molecule has 0 radical (unpaired) electrons. The summed E-state index contributed by atoms with van der Waals surface area (Å²) >= 11 is 0. The molecule has 0 aromatic rings. The number of aliphatic imine (C=N–C) groups is 1. The molecule has 2 unspecified atom stereocenters. The molecule has 0 bridgehead atoms. The topological polar surface area (TPSA) is 21.6 Å². The minimum absolute atomic E-state index is 0.594. The second-order valence-corrected chi connectivity index (χ2v) is 5.38. The fourth-order valence-electron chi connectivity index (χ4n) is 2.69. The minimum atomic E-state index is 0.594. The maximum Gasteiger partial charge on any atom is 0.186 e. The summed E-state index contributed by atoms with van der Waals surface area (Å²) in [5, 5.41) is 0. The highest BCUT2D eigenvalue weighted by atomic mass is 16.5. The van der Waals surface area contributed by atoms with Gasteiger partial charge in [-0.25, -0.2) is 0 Å². The van der Waals surface area contributed by atoms with Crippen molar-refractivity contribution >= 4 is 5.90 Å². The van der Waals surface area contributed by atoms with Crippen LogP contribution in [0.2, 0.25) is 0 Å². The molecule has 1 aliphatic heterocycles. The van der Waals surface area contributed by atoms with E-state index >= 15 is 0 Å². The van der Waals surface area contributed by atoms with Crippen LogP contribution in [0.5, 0.6) is 0 Å². The minimum Gasteiger partial charge on any atom is -0.479 e. The SMILES string of the molecule is CCCC(C)CCCC(CCC)C1=NCCO1. The first kappa shape index (κ1) is 14.5. The third kappa shape index (κ3) is 5.56. The average Bonchev–Trinajstić information content (AvgIpc) is 2.81. The number of rotatable bonds is 9. The Morgan fingerprint density at radius 3 is 2.47 bits per heavy atom. The zero-order chi connectivity index (χ0) is 12.5. The van der Waals surface area contributed by atoms with Crippen LogP contribution in [0.15, 0.2) is 4.99 Å². The Labute approximate surface area is 107 Å². The van der Waals surface area contributed by atoms with Gasteiger partial charge in [0.05, 0.1) is 6.54 Å². The Bertz CT molecular complexity index is 225. The van der Waals surface area contributed by atoms with Crippen molar-refractivity contribution in [3.8, 4) is 0 Å². The molecule has 0 amide bonds. The monoisotopic (exact) mass is 239 g/mol. The van der Waals surface area contributed by atoms with Crippen molar-refractivity contribution in [1.29, 1.82) is 0 Å². The lowest BCUT2D eigenvalue weighted by atomic mass is 9.92. The van der Waals surface area contributed by atoms with Gasteiger partial charge in [0, 0.05) is 5.92 Å². The van der Waals surface area contributed by atoms with Crippen molar-refractivity contribution < 1.29 is 4.74 Å². The molecule has 0 aliphatic carbocycles. The molecule has 1 heterocycles. The summed E-state index contributed by atoms with van der Waals surface area (Å²) in [6.07, 6.45) is 9.11. The molecule has 0 aromatic heterocycles. The van der Waals surface area contributed by atoms with Gasteiger partial charge in [0.15, 0.2) is 5.90 Å². The van der Waals surface area contributed by atoms with Gasteiger partial charge in [0.25, 0.3) is 0 Å². The van der Waals surface area contributed by atoms with E-state index < -0.39 is 0 Å². The van der Waals surface area contributed by atoms with E-state index in [1.54, 1.807) is 0 Å². The summed E-state index contributed by atoms with van der Waals surface area (Å²) < 4.78 is 5.62. The molecule has 2 atom stereocenters. The van der Waals surface area contributed by atoms with Crippen LogP contribution in [0.3, 0.4) is 0 Å². The van der Waals surface area contributed by atoms with E-state index in [2.05, 4.69) is 25.8 Å². The van der Waals surface area contributed by atoms with E-state index in [-0.39, 0.29) is 0 Å². The van der Waals surface area contributed by atoms with Gasteiger partial charge < -0.3 is 4.74 Å². The number of nitrogens with zero attached hydrogens (tertiary/aromatic N) is 1. The molecule has 0 N–H and O–H groups in total. The summed E-state index contributed by atoms with van der Waals surface area (Å²) in [6, 6.07) is 0. The molecule has 0 aromatic carbocycles. The van der Waals surface area contributed by atoms with E-state index in [1.807, 2.05) is 0 Å². The van der Waals surface area contributed by atoms with Crippen molar-refractivity contribution in [2.24, 2.45) is 16.8 Å². The summed E-state index contributed by atoms with van der Waals surface area (Å²) in [7, 11) is 0. The van der Waals surface area contributed by atoms with Gasteiger partial charge >= 0.3 is 0 Å². The van der Waals surface area contributed by atoms with E-state index in [0.717, 1.165) is 25.0 Å². The smallest absolute Gasteiger partial charge is 0.186 e. The largest absolute Gasteiger partial charge is 0.479 e. The van der Waals surface area contributed by atoms with Crippen LogP contribution >= 0.6 is 0 Å². The lowest BCUT2D eigenvalue weighted by Gasteiger charge is -2.17. The molecule has 0 saturated heterocycles. The van der Waals surface area contributed by atoms with Crippen LogP contribution in [0, 0.1) is 11.8 Å². The lowest BCUT2D eigenvalue weighted by Crippen LogP contribution is -2.15. The number of hydrogen-bond donors (Lipinski definition) is 0. The summed E-state index contributed by atoms with van der Waals surface area (Å²) in [4.78, 5) is 4.48. The van der Waals surface area contributed by atoms with E-state index in [4.69, 9.17) is 4.74 Å². The Morgan fingerprint density at radius 2 is 1.88 bits per heavy atom. The van der Waals surface area contributed by atoms with Gasteiger partial charge in [0.1, 0.15) is 6.61 Å². The first-order chi connectivity index (χ1) is 8.27. The van der Waals surface area contributed by atoms with Crippen molar-refractivity contribution in [3.05, 3.63) is 0 Å². The van der Waals surface area contributed by atoms with Crippen LogP contribution in [0.1, 0.15) is 65.7 Å². The molecule has 100 valence electrons. The highest BCUT2D eigenvalue weighted by Crippen LogP contribution is 2.22. The van der Waals surface area contributed by atoms with Crippen molar-refractivity contribution in [3.63, 3.8) is 0 Å². The fourth-order valence-corrected chi connectivity index (χ4v) is 2.69. The molecule has 17 heavy (non-hydrogen) atoms. The van der Waals surface area contributed by atoms with Gasteiger partial charge in [-0.3, -0.25) is 4.99 Å². The Hall–Kier alpha value is -0.530. The van der Waals surface area contributed by atoms with Gasteiger partial charge in [0.2, 0.25) is 0 Å². The van der Waals surface area contributed by atoms with E-state index in [1.165, 1.54) is 44.9 Å². The predicted octanol–water partition coefficient (Wildman–Crippen LogP) is 4.44. The predicted molar refractivity (Wildman–Crippen MR) is 74.6 cm³/mol. The Balaban J connectivity index is 2.24. The number of ether oxygens (including phenoxy) is 1. The molecule has 2 heteroatoms. The molecule has 1 aliphatic rings. The van der Waals surface area contributed by atoms with Crippen LogP contribution in [0.4, 0.5) is 0 Å². The van der Waals surface area contributed by atoms with Crippen molar-refractivity contribution in [2.75, 3.05) is 13.2 Å². The molecule has 0 fully saturated rings. The number of hydrogen-bond acceptors (Lipinski definition) is 2. The van der Waals surface area contributed by atoms with Crippen LogP contribution in [0.25, 0.3) is 0 Å².